The zero-order valence-corrected chi connectivity index (χ0v) is 10.4. The van der Waals surface area contributed by atoms with Gasteiger partial charge in [-0.25, -0.2) is 8.42 Å². The summed E-state index contributed by atoms with van der Waals surface area (Å²) >= 11 is 0. The summed E-state index contributed by atoms with van der Waals surface area (Å²) in [5.74, 6) is -2.52. The smallest absolute Gasteiger partial charge is 0.295 e. The van der Waals surface area contributed by atoms with Crippen molar-refractivity contribution < 1.29 is 18.0 Å². The van der Waals surface area contributed by atoms with Crippen molar-refractivity contribution in [2.75, 3.05) is 24.0 Å². The second-order valence-corrected chi connectivity index (χ2v) is 5.83. The summed E-state index contributed by atoms with van der Waals surface area (Å²) in [4.78, 5) is 24.2. The first-order valence-corrected chi connectivity index (χ1v) is 6.91. The second kappa shape index (κ2) is 5.09. The maximum absolute atomic E-state index is 11.6. The zero-order chi connectivity index (χ0) is 13.1. The van der Waals surface area contributed by atoms with E-state index in [-0.39, 0.29) is 0 Å². The number of benzene rings is 1. The van der Waals surface area contributed by atoms with Gasteiger partial charge in [0.1, 0.15) is 5.75 Å². The summed E-state index contributed by atoms with van der Waals surface area (Å²) in [7, 11) is -2.05. The molecule has 0 aliphatic heterocycles. The van der Waals surface area contributed by atoms with E-state index in [4.69, 9.17) is 0 Å². The van der Waals surface area contributed by atoms with E-state index < -0.39 is 27.3 Å². The number of rotatable bonds is 4. The van der Waals surface area contributed by atoms with Crippen LogP contribution in [0.3, 0.4) is 0 Å². The summed E-state index contributed by atoms with van der Waals surface area (Å²) in [6, 6.07) is 8.54. The number of para-hydroxylation sites is 1. The number of anilines is 1. The van der Waals surface area contributed by atoms with Crippen molar-refractivity contribution in [2.24, 2.45) is 0 Å². The molecule has 17 heavy (non-hydrogen) atoms. The first-order chi connectivity index (χ1) is 7.81. The van der Waals surface area contributed by atoms with Crippen LogP contribution in [0, 0.1) is 0 Å². The lowest BCUT2D eigenvalue weighted by atomic mass is 10.3. The topological polar surface area (TPSA) is 71.5 Å². The maximum Gasteiger partial charge on any atom is 0.295 e. The lowest BCUT2D eigenvalue weighted by Crippen LogP contribution is -2.36. The largest absolute Gasteiger partial charge is 0.309 e. The van der Waals surface area contributed by atoms with E-state index in [1.54, 1.807) is 30.3 Å². The minimum Gasteiger partial charge on any atom is -0.309 e. The van der Waals surface area contributed by atoms with Crippen molar-refractivity contribution in [1.29, 1.82) is 0 Å². The van der Waals surface area contributed by atoms with Crippen molar-refractivity contribution in [2.45, 2.75) is 0 Å². The third-order valence-electron chi connectivity index (χ3n) is 2.08. The van der Waals surface area contributed by atoms with E-state index in [1.807, 2.05) is 0 Å². The molecule has 0 atom stereocenters. The predicted molar refractivity (Wildman–Crippen MR) is 64.6 cm³/mol. The number of carbonyl (C=O) groups is 2. The molecule has 0 aliphatic rings. The number of sulfone groups is 1. The van der Waals surface area contributed by atoms with Crippen LogP contribution in [-0.4, -0.2) is 39.2 Å². The molecule has 92 valence electrons. The molecule has 0 aromatic heterocycles. The van der Waals surface area contributed by atoms with Crippen LogP contribution < -0.4 is 4.90 Å². The van der Waals surface area contributed by atoms with E-state index in [9.17, 15) is 18.0 Å². The fraction of sp³-hybridized carbons (Fsp3) is 0.273. The number of ketones is 1. The molecule has 1 amide bonds. The van der Waals surface area contributed by atoms with Crippen LogP contribution in [0.25, 0.3) is 0 Å². The molecule has 0 heterocycles. The Kier molecular flexibility index (Phi) is 4.01. The van der Waals surface area contributed by atoms with Crippen molar-refractivity contribution in [3.05, 3.63) is 30.3 Å². The Morgan fingerprint density at radius 3 is 2.18 bits per heavy atom. The lowest BCUT2D eigenvalue weighted by molar-refractivity contribution is -0.134. The van der Waals surface area contributed by atoms with Gasteiger partial charge in [0.25, 0.3) is 5.91 Å². The Morgan fingerprint density at radius 2 is 1.71 bits per heavy atom. The minimum atomic E-state index is -3.48. The number of hydrogen-bond acceptors (Lipinski definition) is 4. The van der Waals surface area contributed by atoms with Gasteiger partial charge in [-0.1, -0.05) is 18.2 Å². The predicted octanol–water partition coefficient (Wildman–Crippen LogP) is 0.263. The van der Waals surface area contributed by atoms with Gasteiger partial charge in [-0.2, -0.15) is 0 Å². The molecule has 1 aromatic carbocycles. The molecule has 0 bridgehead atoms. The van der Waals surface area contributed by atoms with Crippen LogP contribution in [0.2, 0.25) is 0 Å². The average molecular weight is 255 g/mol. The Hall–Kier alpha value is -1.69. The van der Waals surface area contributed by atoms with E-state index in [0.717, 1.165) is 11.2 Å². The second-order valence-electron chi connectivity index (χ2n) is 3.69. The van der Waals surface area contributed by atoms with Crippen LogP contribution in [0.5, 0.6) is 0 Å². The molecule has 0 aliphatic carbocycles. The van der Waals surface area contributed by atoms with Crippen LogP contribution >= 0.6 is 0 Å². The fourth-order valence-corrected chi connectivity index (χ4v) is 1.86. The molecule has 1 aromatic rings. The highest BCUT2D eigenvalue weighted by atomic mass is 32.2. The Balaban J connectivity index is 2.81. The number of amides is 1. The third-order valence-corrected chi connectivity index (χ3v) is 2.87. The quantitative estimate of drug-likeness (QED) is 0.724. The Labute approximate surface area is 100.0 Å². The summed E-state index contributed by atoms with van der Waals surface area (Å²) in [5.41, 5.74) is 0.541. The number of carbonyl (C=O) groups excluding carboxylic acids is 2. The van der Waals surface area contributed by atoms with Crippen LogP contribution in [0.1, 0.15) is 0 Å². The monoisotopic (exact) mass is 255 g/mol. The molecule has 0 radical (unpaired) electrons. The van der Waals surface area contributed by atoms with Crippen LogP contribution in [-0.2, 0) is 19.4 Å². The van der Waals surface area contributed by atoms with Gasteiger partial charge in [-0.05, 0) is 12.1 Å². The maximum atomic E-state index is 11.6. The van der Waals surface area contributed by atoms with E-state index in [0.29, 0.717) is 5.69 Å². The van der Waals surface area contributed by atoms with Gasteiger partial charge >= 0.3 is 0 Å². The van der Waals surface area contributed by atoms with Gasteiger partial charge in [0.05, 0.1) is 0 Å². The summed E-state index contributed by atoms with van der Waals surface area (Å²) < 4.78 is 21.8. The van der Waals surface area contributed by atoms with Gasteiger partial charge < -0.3 is 4.90 Å². The zero-order valence-electron chi connectivity index (χ0n) is 9.58. The van der Waals surface area contributed by atoms with Crippen molar-refractivity contribution in [1.82, 2.24) is 0 Å². The molecule has 0 unspecified atom stereocenters. The number of nitrogens with zero attached hydrogens (tertiary/aromatic N) is 1. The molecule has 0 fully saturated rings. The first kappa shape index (κ1) is 13.4. The molecule has 1 rings (SSSR count). The highest BCUT2D eigenvalue weighted by Gasteiger charge is 2.23. The molecular formula is C11H13NO4S. The standard InChI is InChI=1S/C11H13NO4S/c1-12(9-6-4-3-5-7-9)11(14)10(13)8-17(2,15)16/h3-7H,8H2,1-2H3. The normalized spacial score (nSPS) is 10.9. The average Bonchev–Trinajstić information content (AvgIpc) is 2.26. The van der Waals surface area contributed by atoms with Crippen molar-refractivity contribution in [3.63, 3.8) is 0 Å². The van der Waals surface area contributed by atoms with Crippen LogP contribution in [0.4, 0.5) is 5.69 Å². The van der Waals surface area contributed by atoms with Gasteiger partial charge in [0.15, 0.2) is 9.84 Å². The third kappa shape index (κ3) is 3.99. The van der Waals surface area contributed by atoms with E-state index >= 15 is 0 Å². The molecule has 0 spiro atoms. The summed E-state index contributed by atoms with van der Waals surface area (Å²) in [6.07, 6.45) is 0.917. The van der Waals surface area contributed by atoms with Crippen molar-refractivity contribution >= 4 is 27.2 Å². The first-order valence-electron chi connectivity index (χ1n) is 4.85. The molecule has 0 N–H and O–H groups in total. The Bertz CT molecular complexity index is 522. The minimum absolute atomic E-state index is 0.541. The molecule has 5 nitrogen and oxygen atoms in total. The van der Waals surface area contributed by atoms with Gasteiger partial charge in [-0.3, -0.25) is 9.59 Å². The fourth-order valence-electron chi connectivity index (χ4n) is 1.26. The number of Topliss-reactive ketones (excluding diaryl/α,β-unsaturated/α-hetero) is 1. The Morgan fingerprint density at radius 1 is 1.18 bits per heavy atom. The highest BCUT2D eigenvalue weighted by Crippen LogP contribution is 2.11. The number of likely N-dealkylation sites (N-methyl/N-ethyl adjacent to an activating group) is 1. The number of hydrogen-bond donors (Lipinski definition) is 0. The van der Waals surface area contributed by atoms with Gasteiger partial charge in [0.2, 0.25) is 5.78 Å². The molecule has 0 saturated carbocycles. The van der Waals surface area contributed by atoms with Crippen molar-refractivity contribution in [3.8, 4) is 0 Å². The summed E-state index contributed by atoms with van der Waals surface area (Å²) in [6.45, 7) is 0. The SMILES string of the molecule is CN(C(=O)C(=O)CS(C)(=O)=O)c1ccccc1. The van der Waals surface area contributed by atoms with E-state index in [1.165, 1.54) is 7.05 Å². The van der Waals surface area contributed by atoms with Crippen LogP contribution in [0.15, 0.2) is 30.3 Å². The van der Waals surface area contributed by atoms with E-state index in [2.05, 4.69) is 0 Å². The molecule has 0 saturated heterocycles. The summed E-state index contributed by atoms with van der Waals surface area (Å²) in [5, 5.41) is 0. The van der Waals surface area contributed by atoms with Gasteiger partial charge in [0, 0.05) is 19.0 Å². The lowest BCUT2D eigenvalue weighted by Gasteiger charge is -2.15. The molecule has 6 heteroatoms. The highest BCUT2D eigenvalue weighted by molar-refractivity contribution is 7.91. The molecular weight excluding hydrogens is 242 g/mol. The van der Waals surface area contributed by atoms with Gasteiger partial charge in [-0.15, -0.1) is 0 Å².